The normalized spacial score (nSPS) is 34.0. The van der Waals surface area contributed by atoms with Crippen LogP contribution in [0.15, 0.2) is 30.3 Å². The van der Waals surface area contributed by atoms with Crippen molar-refractivity contribution in [2.75, 3.05) is 6.54 Å². The van der Waals surface area contributed by atoms with Crippen molar-refractivity contribution in [3.05, 3.63) is 35.9 Å². The Morgan fingerprint density at radius 2 is 1.72 bits per heavy atom. The van der Waals surface area contributed by atoms with E-state index in [1.807, 2.05) is 0 Å². The van der Waals surface area contributed by atoms with Gasteiger partial charge in [-0.05, 0) is 62.3 Å². The average Bonchev–Trinajstić information content (AvgIpc) is 2.58. The first kappa shape index (κ1) is 17.1. The van der Waals surface area contributed by atoms with Gasteiger partial charge in [-0.25, -0.2) is 0 Å². The molecule has 136 valence electrons. The number of nitrogens with one attached hydrogen (secondary N) is 1. The molecule has 0 heterocycles. The van der Waals surface area contributed by atoms with Crippen molar-refractivity contribution in [1.29, 1.82) is 0 Å². The van der Waals surface area contributed by atoms with Crippen molar-refractivity contribution in [2.24, 2.45) is 17.8 Å². The van der Waals surface area contributed by atoms with Crippen molar-refractivity contribution >= 4 is 5.91 Å². The van der Waals surface area contributed by atoms with Gasteiger partial charge in [-0.3, -0.25) is 4.79 Å². The molecule has 0 radical (unpaired) electrons. The molecule has 4 aliphatic carbocycles. The van der Waals surface area contributed by atoms with Gasteiger partial charge in [-0.2, -0.15) is 0 Å². The smallest absolute Gasteiger partial charge is 0.275 e. The molecule has 4 bridgehead atoms. The summed E-state index contributed by atoms with van der Waals surface area (Å²) in [6, 6.07) is 10.8. The van der Waals surface area contributed by atoms with Crippen molar-refractivity contribution in [3.63, 3.8) is 0 Å². The Kier molecular flexibility index (Phi) is 4.86. The lowest BCUT2D eigenvalue weighted by Crippen LogP contribution is -3.00. The van der Waals surface area contributed by atoms with Gasteiger partial charge in [0, 0.05) is 25.3 Å². The van der Waals surface area contributed by atoms with Crippen molar-refractivity contribution in [1.82, 2.24) is 5.32 Å². The van der Waals surface area contributed by atoms with Gasteiger partial charge in [0.2, 0.25) is 0 Å². The summed E-state index contributed by atoms with van der Waals surface area (Å²) in [5, 5.41) is 5.63. The van der Waals surface area contributed by atoms with Crippen LogP contribution in [0.5, 0.6) is 0 Å². The second-order valence-electron chi connectivity index (χ2n) is 9.18. The molecular weight excluding hydrogens is 308 g/mol. The van der Waals surface area contributed by atoms with Crippen LogP contribution in [0.2, 0.25) is 0 Å². The van der Waals surface area contributed by atoms with E-state index < -0.39 is 0 Å². The van der Waals surface area contributed by atoms with Gasteiger partial charge < -0.3 is 10.6 Å². The predicted octanol–water partition coefficient (Wildman–Crippen LogP) is 2.66. The van der Waals surface area contributed by atoms with Crippen molar-refractivity contribution in [3.8, 4) is 0 Å². The lowest BCUT2D eigenvalue weighted by Gasteiger charge is -2.54. The number of carbonyl (C=O) groups is 1. The topological polar surface area (TPSA) is 45.7 Å². The van der Waals surface area contributed by atoms with E-state index in [9.17, 15) is 4.79 Å². The zero-order chi connectivity index (χ0) is 17.3. The highest BCUT2D eigenvalue weighted by atomic mass is 16.2. The third-order valence-corrected chi connectivity index (χ3v) is 6.92. The van der Waals surface area contributed by atoms with Crippen LogP contribution in [0.3, 0.4) is 0 Å². The molecule has 0 aromatic heterocycles. The molecule has 0 unspecified atom stereocenters. The minimum absolute atomic E-state index is 0.219. The monoisotopic (exact) mass is 341 g/mol. The van der Waals surface area contributed by atoms with E-state index in [1.165, 1.54) is 44.1 Å². The van der Waals surface area contributed by atoms with Gasteiger partial charge in [-0.15, -0.1) is 0 Å². The molecule has 1 atom stereocenters. The second-order valence-corrected chi connectivity index (χ2v) is 9.18. The predicted molar refractivity (Wildman–Crippen MR) is 100 cm³/mol. The van der Waals surface area contributed by atoms with E-state index in [0.717, 1.165) is 30.6 Å². The van der Waals surface area contributed by atoms with Crippen LogP contribution in [-0.2, 0) is 11.2 Å². The van der Waals surface area contributed by atoms with E-state index in [0.29, 0.717) is 12.1 Å². The van der Waals surface area contributed by atoms with Gasteiger partial charge in [0.05, 0.1) is 5.54 Å². The molecule has 1 aromatic carbocycles. The van der Waals surface area contributed by atoms with Gasteiger partial charge in [-0.1, -0.05) is 30.3 Å². The number of quaternary nitrogens is 1. The summed E-state index contributed by atoms with van der Waals surface area (Å²) in [7, 11) is 0. The summed E-state index contributed by atoms with van der Waals surface area (Å²) in [5.74, 6) is 3.08. The van der Waals surface area contributed by atoms with E-state index in [-0.39, 0.29) is 11.9 Å². The lowest BCUT2D eigenvalue weighted by atomic mass is 9.53. The highest BCUT2D eigenvalue weighted by Gasteiger charge is 2.53. The van der Waals surface area contributed by atoms with E-state index in [2.05, 4.69) is 47.9 Å². The first-order chi connectivity index (χ1) is 12.1. The molecule has 25 heavy (non-hydrogen) atoms. The molecule has 3 N–H and O–H groups in total. The fourth-order valence-corrected chi connectivity index (χ4v) is 6.17. The van der Waals surface area contributed by atoms with Crippen LogP contribution < -0.4 is 10.6 Å². The number of benzene rings is 1. The molecule has 0 spiro atoms. The minimum atomic E-state index is 0.219. The summed E-state index contributed by atoms with van der Waals surface area (Å²) in [6.07, 6.45) is 10.5. The Hall–Kier alpha value is -1.35. The first-order valence-electron chi connectivity index (χ1n) is 10.3. The van der Waals surface area contributed by atoms with Crippen LogP contribution in [0, 0.1) is 17.8 Å². The maximum atomic E-state index is 12.4. The van der Waals surface area contributed by atoms with E-state index >= 15 is 0 Å². The molecule has 3 nitrogen and oxygen atoms in total. The maximum Gasteiger partial charge on any atom is 0.275 e. The number of aryl methyl sites for hydroxylation is 1. The van der Waals surface area contributed by atoms with Crippen LogP contribution in [0.1, 0.15) is 57.4 Å². The molecule has 5 rings (SSSR count). The molecule has 4 aliphatic rings. The summed E-state index contributed by atoms with van der Waals surface area (Å²) in [4.78, 5) is 12.4. The Morgan fingerprint density at radius 3 is 2.32 bits per heavy atom. The third kappa shape index (κ3) is 4.08. The Bertz CT molecular complexity index is 562. The van der Waals surface area contributed by atoms with Crippen LogP contribution in [0.4, 0.5) is 0 Å². The van der Waals surface area contributed by atoms with Crippen LogP contribution in [-0.4, -0.2) is 24.0 Å². The van der Waals surface area contributed by atoms with E-state index in [4.69, 9.17) is 0 Å². The summed E-state index contributed by atoms with van der Waals surface area (Å²) in [5.41, 5.74) is 1.75. The Labute approximate surface area is 152 Å². The third-order valence-electron chi connectivity index (χ3n) is 6.92. The molecule has 1 amide bonds. The van der Waals surface area contributed by atoms with Crippen LogP contribution >= 0.6 is 0 Å². The average molecular weight is 342 g/mol. The molecule has 0 aliphatic heterocycles. The number of amides is 1. The standard InChI is InChI=1S/C22H32N2O/c1-16(7-8-17-5-3-2-4-6-17)24-21(25)15-23-22-12-18-9-19(13-22)11-20(10-18)14-22/h2-6,16,18-20,23H,7-15H2,1H3,(H,24,25)/p+1/t16-,18?,19?,20?,22?/m0/s1. The first-order valence-corrected chi connectivity index (χ1v) is 10.3. The Balaban J connectivity index is 1.21. The van der Waals surface area contributed by atoms with Gasteiger partial charge in [0.15, 0.2) is 6.54 Å². The van der Waals surface area contributed by atoms with Crippen molar-refractivity contribution < 1.29 is 10.1 Å². The fourth-order valence-electron chi connectivity index (χ4n) is 6.17. The molecule has 1 aromatic rings. The molecule has 0 saturated heterocycles. The molecular formula is C22H33N2O+. The highest BCUT2D eigenvalue weighted by Crippen LogP contribution is 2.54. The SMILES string of the molecule is C[C@@H](CCc1ccccc1)NC(=O)C[NH2+]C12CC3CC(CC(C3)C1)C2. The quantitative estimate of drug-likeness (QED) is 0.787. The van der Waals surface area contributed by atoms with E-state index in [1.54, 1.807) is 0 Å². The fraction of sp³-hybridized carbons (Fsp3) is 0.682. The van der Waals surface area contributed by atoms with Gasteiger partial charge in [0.1, 0.15) is 0 Å². The number of hydrogen-bond acceptors (Lipinski definition) is 1. The van der Waals surface area contributed by atoms with Crippen molar-refractivity contribution in [2.45, 2.75) is 69.9 Å². The molecule has 4 saturated carbocycles. The van der Waals surface area contributed by atoms with Gasteiger partial charge >= 0.3 is 0 Å². The highest BCUT2D eigenvalue weighted by molar-refractivity contribution is 5.77. The minimum Gasteiger partial charge on any atom is -0.349 e. The molecule has 3 heteroatoms. The number of rotatable bonds is 7. The zero-order valence-corrected chi connectivity index (χ0v) is 15.5. The summed E-state index contributed by atoms with van der Waals surface area (Å²) < 4.78 is 0. The lowest BCUT2D eigenvalue weighted by molar-refractivity contribution is -0.730. The zero-order valence-electron chi connectivity index (χ0n) is 15.5. The van der Waals surface area contributed by atoms with Crippen LogP contribution in [0.25, 0.3) is 0 Å². The number of hydrogen-bond donors (Lipinski definition) is 2. The Morgan fingerprint density at radius 1 is 1.12 bits per heavy atom. The second kappa shape index (κ2) is 7.11. The maximum absolute atomic E-state index is 12.4. The summed E-state index contributed by atoms with van der Waals surface area (Å²) >= 11 is 0. The summed E-state index contributed by atoms with van der Waals surface area (Å²) in [6.45, 7) is 2.74. The number of carbonyl (C=O) groups excluding carboxylic acids is 1. The van der Waals surface area contributed by atoms with Gasteiger partial charge in [0.25, 0.3) is 5.91 Å². The largest absolute Gasteiger partial charge is 0.349 e. The molecule has 4 fully saturated rings. The number of nitrogens with two attached hydrogens (primary N) is 1.